The summed E-state index contributed by atoms with van der Waals surface area (Å²) in [4.78, 5) is 34.9. The Kier molecular flexibility index (Phi) is 5.40. The highest BCUT2D eigenvalue weighted by Gasteiger charge is 2.18. The van der Waals surface area contributed by atoms with Crippen LogP contribution in [-0.2, 0) is 9.53 Å². The van der Waals surface area contributed by atoms with E-state index in [1.54, 1.807) is 6.07 Å². The highest BCUT2D eigenvalue weighted by molar-refractivity contribution is 5.97. The van der Waals surface area contributed by atoms with Crippen LogP contribution >= 0.6 is 0 Å². The van der Waals surface area contributed by atoms with Crippen molar-refractivity contribution in [2.24, 2.45) is 0 Å². The zero-order valence-corrected chi connectivity index (χ0v) is 12.9. The van der Waals surface area contributed by atoms with Gasteiger partial charge in [-0.3, -0.25) is 10.1 Å². The van der Waals surface area contributed by atoms with Crippen LogP contribution in [0.4, 0.5) is 4.79 Å². The van der Waals surface area contributed by atoms with Gasteiger partial charge in [0.25, 0.3) is 5.91 Å². The topological polar surface area (TPSA) is 103 Å². The molecule has 1 aliphatic heterocycles. The lowest BCUT2D eigenvalue weighted by atomic mass is 10.2. The molecule has 8 heteroatoms. The van der Waals surface area contributed by atoms with Gasteiger partial charge in [-0.1, -0.05) is 6.92 Å². The summed E-state index contributed by atoms with van der Waals surface area (Å²) in [7, 11) is 0. The summed E-state index contributed by atoms with van der Waals surface area (Å²) in [5.41, 5.74) is 0.228. The third-order valence-corrected chi connectivity index (χ3v) is 3.19. The molecule has 1 aliphatic rings. The summed E-state index contributed by atoms with van der Waals surface area (Å²) in [6, 6.07) is 3.88. The molecule has 0 spiro atoms. The molecular weight excluding hydrogens is 304 g/mol. The van der Waals surface area contributed by atoms with E-state index in [0.717, 1.165) is 6.42 Å². The van der Waals surface area contributed by atoms with Crippen molar-refractivity contribution in [3.8, 4) is 11.5 Å². The van der Waals surface area contributed by atoms with Crippen molar-refractivity contribution in [2.45, 2.75) is 26.3 Å². The molecule has 0 bridgehead atoms. The summed E-state index contributed by atoms with van der Waals surface area (Å²) >= 11 is 0. The smallest absolute Gasteiger partial charge is 0.338 e. The van der Waals surface area contributed by atoms with E-state index in [2.05, 4.69) is 10.6 Å². The lowest BCUT2D eigenvalue weighted by Gasteiger charge is -2.11. The number of amides is 3. The van der Waals surface area contributed by atoms with Gasteiger partial charge in [-0.25, -0.2) is 9.59 Å². The Labute approximate surface area is 133 Å². The molecular formula is C15H18N2O6. The van der Waals surface area contributed by atoms with Gasteiger partial charge >= 0.3 is 12.0 Å². The van der Waals surface area contributed by atoms with Crippen molar-refractivity contribution in [3.05, 3.63) is 23.8 Å². The number of nitrogens with one attached hydrogen (secondary N) is 2. The summed E-state index contributed by atoms with van der Waals surface area (Å²) in [6.45, 7) is 3.26. The van der Waals surface area contributed by atoms with Crippen LogP contribution in [0.25, 0.3) is 0 Å². The Morgan fingerprint density at radius 3 is 2.74 bits per heavy atom. The molecule has 23 heavy (non-hydrogen) atoms. The summed E-state index contributed by atoms with van der Waals surface area (Å²) in [5, 5.41) is 4.65. The normalized spacial score (nSPS) is 13.1. The highest BCUT2D eigenvalue weighted by Crippen LogP contribution is 2.32. The summed E-state index contributed by atoms with van der Waals surface area (Å²) in [6.07, 6.45) is 0.737. The molecule has 2 N–H and O–H groups in total. The summed E-state index contributed by atoms with van der Waals surface area (Å²) in [5.74, 6) is -0.418. The molecule has 2 rings (SSSR count). The third-order valence-electron chi connectivity index (χ3n) is 3.19. The van der Waals surface area contributed by atoms with E-state index in [-0.39, 0.29) is 18.4 Å². The Morgan fingerprint density at radius 2 is 2.00 bits per heavy atom. The van der Waals surface area contributed by atoms with Gasteiger partial charge in [0.2, 0.25) is 6.79 Å². The molecule has 1 atom stereocenters. The van der Waals surface area contributed by atoms with Gasteiger partial charge in [0.05, 0.1) is 5.56 Å². The lowest BCUT2D eigenvalue weighted by molar-refractivity contribution is -0.123. The lowest BCUT2D eigenvalue weighted by Crippen LogP contribution is -2.44. The van der Waals surface area contributed by atoms with Gasteiger partial charge in [0, 0.05) is 6.04 Å². The maximum Gasteiger partial charge on any atom is 0.338 e. The van der Waals surface area contributed by atoms with E-state index >= 15 is 0 Å². The maximum absolute atomic E-state index is 11.9. The van der Waals surface area contributed by atoms with E-state index in [4.69, 9.17) is 14.2 Å². The van der Waals surface area contributed by atoms with Gasteiger partial charge < -0.3 is 19.5 Å². The van der Waals surface area contributed by atoms with Gasteiger partial charge in [-0.05, 0) is 31.5 Å². The number of hydrogen-bond donors (Lipinski definition) is 2. The zero-order valence-electron chi connectivity index (χ0n) is 12.9. The number of esters is 1. The number of carbonyl (C=O) groups excluding carboxylic acids is 3. The van der Waals surface area contributed by atoms with Crippen molar-refractivity contribution in [1.29, 1.82) is 0 Å². The number of hydrogen-bond acceptors (Lipinski definition) is 6. The average Bonchev–Trinajstić information content (AvgIpc) is 2.99. The van der Waals surface area contributed by atoms with Gasteiger partial charge in [-0.15, -0.1) is 0 Å². The fourth-order valence-corrected chi connectivity index (χ4v) is 1.76. The van der Waals surface area contributed by atoms with E-state index < -0.39 is 24.5 Å². The molecule has 1 aromatic carbocycles. The number of benzene rings is 1. The van der Waals surface area contributed by atoms with Crippen LogP contribution < -0.4 is 20.1 Å². The van der Waals surface area contributed by atoms with Crippen molar-refractivity contribution >= 4 is 17.9 Å². The molecule has 3 amide bonds. The molecule has 0 aliphatic carbocycles. The van der Waals surface area contributed by atoms with Crippen LogP contribution in [-0.4, -0.2) is 37.3 Å². The molecule has 8 nitrogen and oxygen atoms in total. The molecule has 1 aromatic rings. The van der Waals surface area contributed by atoms with E-state index in [1.165, 1.54) is 12.1 Å². The monoisotopic (exact) mass is 322 g/mol. The fraction of sp³-hybridized carbons (Fsp3) is 0.400. The van der Waals surface area contributed by atoms with Crippen LogP contribution in [0.5, 0.6) is 11.5 Å². The minimum atomic E-state index is -0.708. The number of fused-ring (bicyclic) bond motifs is 1. The van der Waals surface area contributed by atoms with Crippen LogP contribution in [0, 0.1) is 0 Å². The Balaban J connectivity index is 1.80. The zero-order chi connectivity index (χ0) is 16.8. The summed E-state index contributed by atoms with van der Waals surface area (Å²) < 4.78 is 15.1. The van der Waals surface area contributed by atoms with Crippen molar-refractivity contribution in [1.82, 2.24) is 10.6 Å². The largest absolute Gasteiger partial charge is 0.454 e. The molecule has 0 radical (unpaired) electrons. The average molecular weight is 322 g/mol. The van der Waals surface area contributed by atoms with Crippen molar-refractivity contribution < 1.29 is 28.6 Å². The van der Waals surface area contributed by atoms with Crippen molar-refractivity contribution in [3.63, 3.8) is 0 Å². The Hall–Kier alpha value is -2.77. The second-order valence-corrected chi connectivity index (χ2v) is 4.98. The van der Waals surface area contributed by atoms with E-state index in [0.29, 0.717) is 11.5 Å². The van der Waals surface area contributed by atoms with E-state index in [1.807, 2.05) is 13.8 Å². The third kappa shape index (κ3) is 4.60. The second kappa shape index (κ2) is 7.48. The van der Waals surface area contributed by atoms with E-state index in [9.17, 15) is 14.4 Å². The minimum absolute atomic E-state index is 0.0565. The first-order chi connectivity index (χ1) is 11.0. The predicted molar refractivity (Wildman–Crippen MR) is 79.3 cm³/mol. The van der Waals surface area contributed by atoms with Crippen LogP contribution in [0.2, 0.25) is 0 Å². The maximum atomic E-state index is 11.9. The molecule has 124 valence electrons. The first kappa shape index (κ1) is 16.6. The Morgan fingerprint density at radius 1 is 1.26 bits per heavy atom. The number of urea groups is 1. The SMILES string of the molecule is CC[C@@H](C)NC(=O)NC(=O)COC(=O)c1ccc2c(c1)OCO2. The molecule has 0 aromatic heterocycles. The standard InChI is InChI=1S/C15H18N2O6/c1-3-9(2)16-15(20)17-13(18)7-21-14(19)10-4-5-11-12(6-10)23-8-22-11/h4-6,9H,3,7-8H2,1-2H3,(H2,16,17,18,20)/t9-/m1/s1. The molecule has 0 unspecified atom stereocenters. The molecule has 0 fully saturated rings. The number of carbonyl (C=O) groups is 3. The van der Waals surface area contributed by atoms with Crippen LogP contribution in [0.3, 0.4) is 0 Å². The highest BCUT2D eigenvalue weighted by atomic mass is 16.7. The first-order valence-electron chi connectivity index (χ1n) is 7.16. The molecule has 0 saturated carbocycles. The minimum Gasteiger partial charge on any atom is -0.454 e. The number of rotatable bonds is 5. The predicted octanol–water partition coefficient (Wildman–Crippen LogP) is 1.20. The molecule has 1 heterocycles. The molecule has 0 saturated heterocycles. The second-order valence-electron chi connectivity index (χ2n) is 4.98. The first-order valence-corrected chi connectivity index (χ1v) is 7.16. The van der Waals surface area contributed by atoms with Gasteiger partial charge in [0.1, 0.15) is 0 Å². The van der Waals surface area contributed by atoms with Gasteiger partial charge in [-0.2, -0.15) is 0 Å². The van der Waals surface area contributed by atoms with Crippen LogP contribution in [0.15, 0.2) is 18.2 Å². The van der Waals surface area contributed by atoms with Crippen molar-refractivity contribution in [2.75, 3.05) is 13.4 Å². The Bertz CT molecular complexity index is 616. The fourth-order valence-electron chi connectivity index (χ4n) is 1.76. The quantitative estimate of drug-likeness (QED) is 0.790. The number of imide groups is 1. The number of ether oxygens (including phenoxy) is 3. The van der Waals surface area contributed by atoms with Crippen LogP contribution in [0.1, 0.15) is 30.6 Å². The van der Waals surface area contributed by atoms with Gasteiger partial charge in [0.15, 0.2) is 18.1 Å².